The molecule has 168 valence electrons. The summed E-state index contributed by atoms with van der Waals surface area (Å²) in [5, 5.41) is 1.69. The first kappa shape index (κ1) is 20.8. The fourth-order valence-corrected chi connectivity index (χ4v) is 4.62. The van der Waals surface area contributed by atoms with E-state index in [1.54, 1.807) is 12.4 Å². The smallest absolute Gasteiger partial charge is 0.163 e. The van der Waals surface area contributed by atoms with Crippen LogP contribution in [-0.2, 0) is 6.42 Å². The standard InChI is InChI=1S/C27H22ClN5O/c28-20-6-9-25-18(14-20)10-13-33(25)27-23-15-22(34-17-21-5-1-2-12-30-21)7-8-24(23)31-26(32-27)19-4-3-11-29-16-19/h1,3-9,11-12,14-16,21H,2,10,13,17H2. The lowest BCUT2D eigenvalue weighted by Crippen LogP contribution is -2.17. The van der Waals surface area contributed by atoms with Crippen LogP contribution in [0.4, 0.5) is 11.5 Å². The topological polar surface area (TPSA) is 63.5 Å². The van der Waals surface area contributed by atoms with E-state index in [1.807, 2.05) is 48.7 Å². The molecule has 4 heterocycles. The van der Waals surface area contributed by atoms with Gasteiger partial charge in [-0.1, -0.05) is 23.8 Å². The number of rotatable bonds is 5. The van der Waals surface area contributed by atoms with Crippen molar-refractivity contribution in [2.75, 3.05) is 18.1 Å². The van der Waals surface area contributed by atoms with Crippen LogP contribution in [-0.4, -0.2) is 40.4 Å². The predicted octanol–water partition coefficient (Wildman–Crippen LogP) is 5.82. The molecule has 0 radical (unpaired) electrons. The molecule has 34 heavy (non-hydrogen) atoms. The van der Waals surface area contributed by atoms with Gasteiger partial charge < -0.3 is 9.64 Å². The van der Waals surface area contributed by atoms with E-state index in [0.29, 0.717) is 12.4 Å². The minimum absolute atomic E-state index is 0.0448. The average molecular weight is 468 g/mol. The minimum Gasteiger partial charge on any atom is -0.491 e. The molecule has 0 saturated carbocycles. The van der Waals surface area contributed by atoms with Crippen LogP contribution >= 0.6 is 11.6 Å². The number of ether oxygens (including phenoxy) is 1. The van der Waals surface area contributed by atoms with E-state index < -0.39 is 0 Å². The molecule has 2 aromatic heterocycles. The van der Waals surface area contributed by atoms with E-state index >= 15 is 0 Å². The third kappa shape index (κ3) is 4.01. The van der Waals surface area contributed by atoms with Crippen molar-refractivity contribution in [1.82, 2.24) is 15.0 Å². The Hall–Kier alpha value is -3.77. The van der Waals surface area contributed by atoms with Gasteiger partial charge in [0.1, 0.15) is 24.2 Å². The summed E-state index contributed by atoms with van der Waals surface area (Å²) >= 11 is 6.25. The van der Waals surface area contributed by atoms with Crippen LogP contribution < -0.4 is 9.64 Å². The van der Waals surface area contributed by atoms with E-state index in [2.05, 4.69) is 33.1 Å². The van der Waals surface area contributed by atoms with Crippen molar-refractivity contribution in [2.45, 2.75) is 18.9 Å². The Morgan fingerprint density at radius 3 is 2.91 bits per heavy atom. The SMILES string of the molecule is Clc1ccc2c(c1)CCN2c1nc(-c2cccnc2)nc2ccc(OCC3C=CCC=N3)cc12. The Kier molecular flexibility index (Phi) is 5.43. The summed E-state index contributed by atoms with van der Waals surface area (Å²) in [6.45, 7) is 1.31. The van der Waals surface area contributed by atoms with Crippen molar-refractivity contribution < 1.29 is 4.74 Å². The van der Waals surface area contributed by atoms with Crippen molar-refractivity contribution in [2.24, 2.45) is 4.99 Å². The van der Waals surface area contributed by atoms with Crippen molar-refractivity contribution in [3.05, 3.63) is 83.7 Å². The number of aromatic nitrogens is 3. The maximum Gasteiger partial charge on any atom is 0.163 e. The fraction of sp³-hybridized carbons (Fsp3) is 0.185. The fourth-order valence-electron chi connectivity index (χ4n) is 4.42. The normalized spacial score (nSPS) is 16.7. The van der Waals surface area contributed by atoms with Gasteiger partial charge in [-0.05, 0) is 60.5 Å². The number of hydrogen-bond acceptors (Lipinski definition) is 6. The van der Waals surface area contributed by atoms with Gasteiger partial charge in [0.05, 0.1) is 5.52 Å². The summed E-state index contributed by atoms with van der Waals surface area (Å²) in [6.07, 6.45) is 11.5. The highest BCUT2D eigenvalue weighted by molar-refractivity contribution is 6.30. The first-order valence-corrected chi connectivity index (χ1v) is 11.7. The molecule has 0 amide bonds. The molecule has 1 atom stereocenters. The average Bonchev–Trinajstić information content (AvgIpc) is 3.30. The molecule has 2 aliphatic rings. The predicted molar refractivity (Wildman–Crippen MR) is 136 cm³/mol. The molecule has 2 aliphatic heterocycles. The number of hydrogen-bond donors (Lipinski definition) is 0. The van der Waals surface area contributed by atoms with Crippen LogP contribution in [0.2, 0.25) is 5.02 Å². The van der Waals surface area contributed by atoms with Gasteiger partial charge in [-0.2, -0.15) is 0 Å². The molecule has 0 aliphatic carbocycles. The molecular weight excluding hydrogens is 446 g/mol. The van der Waals surface area contributed by atoms with Crippen LogP contribution in [0.1, 0.15) is 12.0 Å². The lowest BCUT2D eigenvalue weighted by atomic mass is 10.1. The largest absolute Gasteiger partial charge is 0.491 e. The van der Waals surface area contributed by atoms with Crippen LogP contribution in [0.25, 0.3) is 22.3 Å². The van der Waals surface area contributed by atoms with Gasteiger partial charge >= 0.3 is 0 Å². The Morgan fingerprint density at radius 1 is 1.09 bits per heavy atom. The molecule has 7 heteroatoms. The van der Waals surface area contributed by atoms with Crippen molar-refractivity contribution in [3.8, 4) is 17.1 Å². The Morgan fingerprint density at radius 2 is 2.06 bits per heavy atom. The van der Waals surface area contributed by atoms with Crippen molar-refractivity contribution >= 4 is 40.2 Å². The molecule has 2 aromatic carbocycles. The maximum absolute atomic E-state index is 6.25. The zero-order chi connectivity index (χ0) is 22.9. The van der Waals surface area contributed by atoms with Gasteiger partial charge in [0.15, 0.2) is 5.82 Å². The van der Waals surface area contributed by atoms with Gasteiger partial charge in [0, 0.05) is 53.2 Å². The van der Waals surface area contributed by atoms with Crippen LogP contribution in [0.3, 0.4) is 0 Å². The molecule has 1 unspecified atom stereocenters. The summed E-state index contributed by atoms with van der Waals surface area (Å²) in [7, 11) is 0. The number of benzene rings is 2. The van der Waals surface area contributed by atoms with Crippen LogP contribution in [0, 0.1) is 0 Å². The van der Waals surface area contributed by atoms with E-state index in [0.717, 1.165) is 58.1 Å². The highest BCUT2D eigenvalue weighted by atomic mass is 35.5. The summed E-state index contributed by atoms with van der Waals surface area (Å²) in [4.78, 5) is 20.8. The monoisotopic (exact) mass is 467 g/mol. The van der Waals surface area contributed by atoms with Crippen LogP contribution in [0.5, 0.6) is 5.75 Å². The van der Waals surface area contributed by atoms with Gasteiger partial charge in [-0.25, -0.2) is 9.97 Å². The molecule has 0 N–H and O–H groups in total. The molecule has 0 bridgehead atoms. The second-order valence-corrected chi connectivity index (χ2v) is 8.78. The Bertz CT molecular complexity index is 1410. The highest BCUT2D eigenvalue weighted by Crippen LogP contribution is 2.39. The third-order valence-electron chi connectivity index (χ3n) is 6.08. The second kappa shape index (κ2) is 8.88. The van der Waals surface area contributed by atoms with Crippen molar-refractivity contribution in [1.29, 1.82) is 0 Å². The van der Waals surface area contributed by atoms with E-state index in [1.165, 1.54) is 5.56 Å². The number of nitrogens with zero attached hydrogens (tertiary/aromatic N) is 5. The van der Waals surface area contributed by atoms with Crippen LogP contribution in [0.15, 0.2) is 78.1 Å². The summed E-state index contributed by atoms with van der Waals surface area (Å²) < 4.78 is 6.10. The number of aliphatic imine (C=N–C) groups is 1. The molecule has 0 fully saturated rings. The van der Waals surface area contributed by atoms with Gasteiger partial charge in [-0.15, -0.1) is 0 Å². The summed E-state index contributed by atoms with van der Waals surface area (Å²) in [5.74, 6) is 2.27. The number of anilines is 2. The number of pyridine rings is 1. The number of allylic oxidation sites excluding steroid dienone is 1. The summed E-state index contributed by atoms with van der Waals surface area (Å²) in [5.41, 5.74) is 4.07. The minimum atomic E-state index is 0.0448. The highest BCUT2D eigenvalue weighted by Gasteiger charge is 2.25. The molecular formula is C27H22ClN5O. The van der Waals surface area contributed by atoms with E-state index in [4.69, 9.17) is 26.3 Å². The first-order valence-electron chi connectivity index (χ1n) is 11.3. The zero-order valence-electron chi connectivity index (χ0n) is 18.4. The molecule has 6 nitrogen and oxygen atoms in total. The summed E-state index contributed by atoms with van der Waals surface area (Å²) in [6, 6.07) is 15.9. The number of halogens is 1. The number of dihydropyridines is 1. The number of fused-ring (bicyclic) bond motifs is 2. The maximum atomic E-state index is 6.25. The Labute approximate surface area is 202 Å². The first-order chi connectivity index (χ1) is 16.7. The second-order valence-electron chi connectivity index (χ2n) is 8.34. The third-order valence-corrected chi connectivity index (χ3v) is 6.31. The molecule has 0 spiro atoms. The van der Waals surface area contributed by atoms with Crippen molar-refractivity contribution in [3.63, 3.8) is 0 Å². The molecule has 0 saturated heterocycles. The molecule has 4 aromatic rings. The molecule has 6 rings (SSSR count). The quantitative estimate of drug-likeness (QED) is 0.346. The zero-order valence-corrected chi connectivity index (χ0v) is 19.2. The van der Waals surface area contributed by atoms with Gasteiger partial charge in [0.2, 0.25) is 0 Å². The Balaban J connectivity index is 1.44. The van der Waals surface area contributed by atoms with Gasteiger partial charge in [-0.3, -0.25) is 9.98 Å². The lowest BCUT2D eigenvalue weighted by molar-refractivity contribution is 0.307. The van der Waals surface area contributed by atoms with Gasteiger partial charge in [0.25, 0.3) is 0 Å². The van der Waals surface area contributed by atoms with E-state index in [9.17, 15) is 0 Å². The lowest BCUT2D eigenvalue weighted by Gasteiger charge is -2.21. The van der Waals surface area contributed by atoms with E-state index in [-0.39, 0.29) is 6.04 Å².